The number of fused-ring (bicyclic) bond motifs is 1. The molecule has 1 amide bonds. The molecule has 2 aliphatic rings. The Hall–Kier alpha value is -3.63. The summed E-state index contributed by atoms with van der Waals surface area (Å²) in [5.41, 5.74) is 1.26. The highest BCUT2D eigenvalue weighted by Gasteiger charge is 2.27. The van der Waals surface area contributed by atoms with Crippen molar-refractivity contribution in [1.29, 1.82) is 0 Å². The predicted molar refractivity (Wildman–Crippen MR) is 102 cm³/mol. The Labute approximate surface area is 165 Å². The fourth-order valence-corrected chi connectivity index (χ4v) is 3.72. The van der Waals surface area contributed by atoms with Crippen LogP contribution in [0.2, 0.25) is 0 Å². The summed E-state index contributed by atoms with van der Waals surface area (Å²) >= 11 is 0. The average Bonchev–Trinajstić information content (AvgIpc) is 3.20. The molecule has 11 nitrogen and oxygen atoms in total. The molecule has 0 radical (unpaired) electrons. The van der Waals surface area contributed by atoms with Crippen LogP contribution in [-0.2, 0) is 12.8 Å². The number of nitrogens with zero attached hydrogens (tertiary/aromatic N) is 6. The number of piperazine rings is 1. The highest BCUT2D eigenvalue weighted by Crippen LogP contribution is 2.26. The Morgan fingerprint density at radius 1 is 0.897 bits per heavy atom. The molecule has 0 saturated carbocycles. The summed E-state index contributed by atoms with van der Waals surface area (Å²) in [7, 11) is 0. The molecule has 29 heavy (non-hydrogen) atoms. The third-order valence-electron chi connectivity index (χ3n) is 5.27. The number of nitro groups is 2. The maximum Gasteiger partial charge on any atom is 0.277 e. The van der Waals surface area contributed by atoms with Crippen molar-refractivity contribution < 1.29 is 14.6 Å². The molecule has 1 aliphatic heterocycles. The van der Waals surface area contributed by atoms with Crippen molar-refractivity contribution in [3.63, 3.8) is 0 Å². The van der Waals surface area contributed by atoms with Gasteiger partial charge in [-0.05, 0) is 30.9 Å². The van der Waals surface area contributed by atoms with Crippen molar-refractivity contribution in [2.24, 2.45) is 0 Å². The molecule has 1 aliphatic carbocycles. The molecule has 11 heteroatoms. The summed E-state index contributed by atoms with van der Waals surface area (Å²) in [6.45, 7) is 1.84. The Kier molecular flexibility index (Phi) is 4.79. The van der Waals surface area contributed by atoms with Gasteiger partial charge in [0.1, 0.15) is 0 Å². The molecule has 1 saturated heterocycles. The number of amides is 1. The Balaban J connectivity index is 1.48. The van der Waals surface area contributed by atoms with Crippen LogP contribution in [0.15, 0.2) is 24.3 Å². The van der Waals surface area contributed by atoms with E-state index in [1.165, 1.54) is 5.56 Å². The minimum absolute atomic E-state index is 0.0586. The van der Waals surface area contributed by atoms with Crippen LogP contribution >= 0.6 is 0 Å². The third-order valence-corrected chi connectivity index (χ3v) is 5.27. The summed E-state index contributed by atoms with van der Waals surface area (Å²) in [5.74, 6) is 0.320. The largest absolute Gasteiger partial charge is 0.352 e. The lowest BCUT2D eigenvalue weighted by atomic mass is 10.1. The first-order valence-corrected chi connectivity index (χ1v) is 9.26. The van der Waals surface area contributed by atoms with E-state index in [4.69, 9.17) is 0 Å². The molecule has 0 N–H and O–H groups in total. The SMILES string of the molecule is O=C(c1cc([N+](=O)[O-])cc([N+](=O)[O-])c1)N1CCN(c2cc3c(nn2)CCC3)CC1. The van der Waals surface area contributed by atoms with Gasteiger partial charge in [0, 0.05) is 38.3 Å². The molecule has 1 aromatic carbocycles. The van der Waals surface area contributed by atoms with Crippen molar-refractivity contribution in [2.75, 3.05) is 31.1 Å². The van der Waals surface area contributed by atoms with Gasteiger partial charge in [-0.1, -0.05) is 0 Å². The molecule has 0 spiro atoms. The zero-order chi connectivity index (χ0) is 20.5. The summed E-state index contributed by atoms with van der Waals surface area (Å²) in [4.78, 5) is 37.0. The van der Waals surface area contributed by atoms with E-state index in [-0.39, 0.29) is 5.56 Å². The number of hydrogen-bond donors (Lipinski definition) is 0. The standard InChI is InChI=1S/C18H18N6O5/c25-18(13-8-14(23(26)27)11-15(9-13)24(28)29)22-6-4-21(5-7-22)17-10-12-2-1-3-16(12)19-20-17/h8-11H,1-7H2. The van der Waals surface area contributed by atoms with Crippen LogP contribution in [0.25, 0.3) is 0 Å². The number of carbonyl (C=O) groups is 1. The maximum atomic E-state index is 12.8. The van der Waals surface area contributed by atoms with Crippen molar-refractivity contribution in [3.8, 4) is 0 Å². The van der Waals surface area contributed by atoms with Crippen LogP contribution in [0.3, 0.4) is 0 Å². The molecular formula is C18H18N6O5. The molecular weight excluding hydrogens is 380 g/mol. The van der Waals surface area contributed by atoms with E-state index in [0.29, 0.717) is 26.2 Å². The van der Waals surface area contributed by atoms with Crippen molar-refractivity contribution in [3.05, 3.63) is 61.3 Å². The summed E-state index contributed by atoms with van der Waals surface area (Å²) < 4.78 is 0. The minimum Gasteiger partial charge on any atom is -0.352 e. The van der Waals surface area contributed by atoms with Gasteiger partial charge in [0.15, 0.2) is 5.82 Å². The van der Waals surface area contributed by atoms with E-state index in [1.54, 1.807) is 4.90 Å². The molecule has 150 valence electrons. The van der Waals surface area contributed by atoms with Crippen LogP contribution < -0.4 is 4.90 Å². The van der Waals surface area contributed by atoms with Gasteiger partial charge in [0.05, 0.1) is 27.2 Å². The predicted octanol–water partition coefficient (Wildman–Crippen LogP) is 1.74. The topological polar surface area (TPSA) is 136 Å². The van der Waals surface area contributed by atoms with E-state index in [9.17, 15) is 25.0 Å². The van der Waals surface area contributed by atoms with E-state index < -0.39 is 27.1 Å². The van der Waals surface area contributed by atoms with Gasteiger partial charge < -0.3 is 9.80 Å². The molecule has 1 fully saturated rings. The number of hydrogen-bond acceptors (Lipinski definition) is 8. The molecule has 2 aromatic rings. The fraction of sp³-hybridized carbons (Fsp3) is 0.389. The Bertz CT molecular complexity index is 970. The summed E-state index contributed by atoms with van der Waals surface area (Å²) in [6, 6.07) is 5.05. The highest BCUT2D eigenvalue weighted by molar-refractivity contribution is 5.95. The van der Waals surface area contributed by atoms with Gasteiger partial charge in [-0.3, -0.25) is 25.0 Å². The van der Waals surface area contributed by atoms with Gasteiger partial charge in [0.25, 0.3) is 17.3 Å². The monoisotopic (exact) mass is 398 g/mol. The first-order valence-electron chi connectivity index (χ1n) is 9.26. The van der Waals surface area contributed by atoms with Gasteiger partial charge in [0.2, 0.25) is 0 Å². The normalized spacial score (nSPS) is 15.9. The first kappa shape index (κ1) is 18.7. The zero-order valence-corrected chi connectivity index (χ0v) is 15.5. The second-order valence-corrected chi connectivity index (χ2v) is 7.06. The quantitative estimate of drug-likeness (QED) is 0.561. The Morgan fingerprint density at radius 2 is 1.55 bits per heavy atom. The lowest BCUT2D eigenvalue weighted by Crippen LogP contribution is -2.49. The van der Waals surface area contributed by atoms with Gasteiger partial charge >= 0.3 is 0 Å². The number of benzene rings is 1. The Morgan fingerprint density at radius 3 is 2.17 bits per heavy atom. The average molecular weight is 398 g/mol. The first-order chi connectivity index (χ1) is 13.9. The van der Waals surface area contributed by atoms with Crippen LogP contribution in [0.4, 0.5) is 17.2 Å². The number of anilines is 1. The van der Waals surface area contributed by atoms with Crippen molar-refractivity contribution in [2.45, 2.75) is 19.3 Å². The van der Waals surface area contributed by atoms with Crippen LogP contribution in [-0.4, -0.2) is 57.0 Å². The van der Waals surface area contributed by atoms with Crippen LogP contribution in [0.5, 0.6) is 0 Å². The van der Waals surface area contributed by atoms with E-state index in [2.05, 4.69) is 16.3 Å². The number of aryl methyl sites for hydroxylation is 2. The van der Waals surface area contributed by atoms with E-state index in [1.807, 2.05) is 4.90 Å². The number of rotatable bonds is 4. The lowest BCUT2D eigenvalue weighted by Gasteiger charge is -2.35. The highest BCUT2D eigenvalue weighted by atomic mass is 16.6. The van der Waals surface area contributed by atoms with E-state index >= 15 is 0 Å². The zero-order valence-electron chi connectivity index (χ0n) is 15.5. The van der Waals surface area contributed by atoms with Gasteiger partial charge in [-0.15, -0.1) is 5.10 Å². The van der Waals surface area contributed by atoms with Gasteiger partial charge in [-0.25, -0.2) is 0 Å². The molecule has 0 unspecified atom stereocenters. The fourth-order valence-electron chi connectivity index (χ4n) is 3.72. The minimum atomic E-state index is -0.742. The number of carbonyl (C=O) groups excluding carboxylic acids is 1. The second-order valence-electron chi connectivity index (χ2n) is 7.06. The van der Waals surface area contributed by atoms with Crippen LogP contribution in [0, 0.1) is 20.2 Å². The molecule has 0 atom stereocenters. The molecule has 4 rings (SSSR count). The molecule has 0 bridgehead atoms. The van der Waals surface area contributed by atoms with E-state index in [0.717, 1.165) is 49.0 Å². The number of aromatic nitrogens is 2. The smallest absolute Gasteiger partial charge is 0.277 e. The second kappa shape index (κ2) is 7.41. The molecule has 1 aromatic heterocycles. The lowest BCUT2D eigenvalue weighted by molar-refractivity contribution is -0.394. The van der Waals surface area contributed by atoms with Crippen LogP contribution in [0.1, 0.15) is 28.0 Å². The third kappa shape index (κ3) is 3.71. The van der Waals surface area contributed by atoms with Gasteiger partial charge in [-0.2, -0.15) is 5.10 Å². The van der Waals surface area contributed by atoms with Crippen molar-refractivity contribution >= 4 is 23.1 Å². The maximum absolute atomic E-state index is 12.8. The summed E-state index contributed by atoms with van der Waals surface area (Å²) in [5, 5.41) is 30.7. The van der Waals surface area contributed by atoms with Crippen molar-refractivity contribution in [1.82, 2.24) is 15.1 Å². The molecule has 2 heterocycles. The number of nitro benzene ring substituents is 2. The number of non-ortho nitro benzene ring substituents is 2. The summed E-state index contributed by atoms with van der Waals surface area (Å²) in [6.07, 6.45) is 3.05.